The second-order valence-electron chi connectivity index (χ2n) is 5.56. The van der Waals surface area contributed by atoms with Gasteiger partial charge < -0.3 is 9.80 Å². The summed E-state index contributed by atoms with van der Waals surface area (Å²) in [5.41, 5.74) is 0.818. The molecule has 3 rings (SSSR count). The van der Waals surface area contributed by atoms with E-state index in [1.54, 1.807) is 6.07 Å². The second kappa shape index (κ2) is 7.43. The minimum Gasteiger partial charge on any atom is -0.364 e. The number of nitro benzene ring substituents is 1. The molecule has 2 heterocycles. The highest BCUT2D eigenvalue weighted by atomic mass is 79.9. The van der Waals surface area contributed by atoms with Crippen molar-refractivity contribution in [2.45, 2.75) is 19.8 Å². The van der Waals surface area contributed by atoms with Crippen molar-refractivity contribution in [2.24, 2.45) is 0 Å². The number of nitro groups is 1. The topological polar surface area (TPSA) is 75.4 Å². The summed E-state index contributed by atoms with van der Waals surface area (Å²) >= 11 is 4.74. The van der Waals surface area contributed by atoms with Crippen LogP contribution in [-0.2, 0) is 6.42 Å². The lowest BCUT2D eigenvalue weighted by Gasteiger charge is -2.23. The van der Waals surface area contributed by atoms with Gasteiger partial charge in [-0.25, -0.2) is 4.98 Å². The maximum absolute atomic E-state index is 11.4. The summed E-state index contributed by atoms with van der Waals surface area (Å²) in [6.07, 6.45) is 1.76. The van der Waals surface area contributed by atoms with Gasteiger partial charge in [0.15, 0.2) is 0 Å². The molecule has 9 heteroatoms. The molecule has 0 bridgehead atoms. The standard InChI is InChI=1S/C15H18BrN5O2S/c1-2-14-17-15(24-18-14)20-7-3-6-19(8-9-20)12-5-4-11(16)10-13(12)21(22)23/h4-5,10H,2-3,6-9H2,1H3. The van der Waals surface area contributed by atoms with Crippen LogP contribution < -0.4 is 9.80 Å². The van der Waals surface area contributed by atoms with Crippen molar-refractivity contribution in [1.82, 2.24) is 9.36 Å². The van der Waals surface area contributed by atoms with E-state index in [2.05, 4.69) is 35.1 Å². The van der Waals surface area contributed by atoms with E-state index in [1.165, 1.54) is 11.5 Å². The van der Waals surface area contributed by atoms with E-state index in [4.69, 9.17) is 0 Å². The van der Waals surface area contributed by atoms with Crippen molar-refractivity contribution in [3.63, 3.8) is 0 Å². The molecule has 24 heavy (non-hydrogen) atoms. The van der Waals surface area contributed by atoms with Crippen LogP contribution in [0.5, 0.6) is 0 Å². The number of benzene rings is 1. The minimum atomic E-state index is -0.318. The number of hydrogen-bond acceptors (Lipinski definition) is 7. The van der Waals surface area contributed by atoms with Crippen LogP contribution in [0.25, 0.3) is 0 Å². The first-order valence-electron chi connectivity index (χ1n) is 7.85. The quantitative estimate of drug-likeness (QED) is 0.565. The van der Waals surface area contributed by atoms with Crippen LogP contribution in [0.4, 0.5) is 16.5 Å². The van der Waals surface area contributed by atoms with E-state index in [1.807, 2.05) is 19.1 Å². The molecule has 1 fully saturated rings. The Morgan fingerprint density at radius 1 is 1.29 bits per heavy atom. The molecule has 1 aliphatic rings. The van der Waals surface area contributed by atoms with Crippen LogP contribution >= 0.6 is 27.5 Å². The highest BCUT2D eigenvalue weighted by Gasteiger charge is 2.23. The van der Waals surface area contributed by atoms with Crippen LogP contribution in [0.1, 0.15) is 19.2 Å². The number of hydrogen-bond donors (Lipinski definition) is 0. The number of anilines is 2. The van der Waals surface area contributed by atoms with Gasteiger partial charge in [-0.2, -0.15) is 4.37 Å². The summed E-state index contributed by atoms with van der Waals surface area (Å²) in [5, 5.41) is 12.3. The Morgan fingerprint density at radius 3 is 2.75 bits per heavy atom. The number of rotatable bonds is 4. The predicted molar refractivity (Wildman–Crippen MR) is 99.1 cm³/mol. The average molecular weight is 412 g/mol. The SMILES string of the molecule is CCc1nsc(N2CCCN(c3ccc(Br)cc3[N+](=O)[O-])CC2)n1. The van der Waals surface area contributed by atoms with Gasteiger partial charge >= 0.3 is 0 Å². The van der Waals surface area contributed by atoms with Gasteiger partial charge in [-0.15, -0.1) is 0 Å². The maximum atomic E-state index is 11.4. The van der Waals surface area contributed by atoms with Gasteiger partial charge in [0.1, 0.15) is 11.5 Å². The predicted octanol–water partition coefficient (Wildman–Crippen LogP) is 3.49. The normalized spacial score (nSPS) is 15.4. The zero-order valence-corrected chi connectivity index (χ0v) is 15.7. The third-order valence-corrected chi connectivity index (χ3v) is 5.32. The summed E-state index contributed by atoms with van der Waals surface area (Å²) in [5.74, 6) is 0.875. The van der Waals surface area contributed by atoms with Crippen LogP contribution in [0.2, 0.25) is 0 Å². The lowest BCUT2D eigenvalue weighted by molar-refractivity contribution is -0.384. The smallest absolute Gasteiger partial charge is 0.293 e. The summed E-state index contributed by atoms with van der Waals surface area (Å²) in [6.45, 7) is 5.23. The van der Waals surface area contributed by atoms with Gasteiger partial charge in [-0.05, 0) is 18.6 Å². The molecular formula is C15H18BrN5O2S. The van der Waals surface area contributed by atoms with Gasteiger partial charge in [0.2, 0.25) is 5.13 Å². The van der Waals surface area contributed by atoms with Gasteiger partial charge in [-0.1, -0.05) is 22.9 Å². The molecule has 0 N–H and O–H groups in total. The minimum absolute atomic E-state index is 0.141. The molecule has 0 spiro atoms. The summed E-state index contributed by atoms with van der Waals surface area (Å²) in [7, 11) is 0. The molecule has 7 nitrogen and oxygen atoms in total. The second-order valence-corrected chi connectivity index (χ2v) is 7.21. The molecule has 0 amide bonds. The fraction of sp³-hybridized carbons (Fsp3) is 0.467. The monoisotopic (exact) mass is 411 g/mol. The van der Waals surface area contributed by atoms with Gasteiger partial charge in [0.05, 0.1) is 4.92 Å². The first-order chi connectivity index (χ1) is 11.6. The fourth-order valence-corrected chi connectivity index (χ4v) is 3.93. The molecule has 2 aromatic rings. The van der Waals surface area contributed by atoms with E-state index in [0.29, 0.717) is 5.69 Å². The van der Waals surface area contributed by atoms with Crippen LogP contribution in [0.15, 0.2) is 22.7 Å². The molecule has 1 saturated heterocycles. The zero-order valence-electron chi connectivity index (χ0n) is 13.3. The Bertz CT molecular complexity index is 738. The first kappa shape index (κ1) is 17.1. The van der Waals surface area contributed by atoms with E-state index in [9.17, 15) is 10.1 Å². The molecule has 1 aromatic carbocycles. The highest BCUT2D eigenvalue weighted by Crippen LogP contribution is 2.32. The van der Waals surface area contributed by atoms with Gasteiger partial charge in [0, 0.05) is 54.7 Å². The van der Waals surface area contributed by atoms with Crippen LogP contribution in [0, 0.1) is 10.1 Å². The summed E-state index contributed by atoms with van der Waals surface area (Å²) in [4.78, 5) is 19.9. The van der Waals surface area contributed by atoms with Crippen LogP contribution in [-0.4, -0.2) is 40.5 Å². The number of halogens is 1. The highest BCUT2D eigenvalue weighted by molar-refractivity contribution is 9.10. The van der Waals surface area contributed by atoms with Crippen molar-refractivity contribution >= 4 is 44.0 Å². The Kier molecular flexibility index (Phi) is 5.30. The third-order valence-electron chi connectivity index (χ3n) is 4.01. The molecule has 0 aliphatic carbocycles. The molecule has 1 aliphatic heterocycles. The molecule has 0 atom stereocenters. The van der Waals surface area contributed by atoms with E-state index < -0.39 is 0 Å². The summed E-state index contributed by atoms with van der Waals surface area (Å²) in [6, 6.07) is 5.23. The average Bonchev–Trinajstić information content (AvgIpc) is 2.92. The van der Waals surface area contributed by atoms with E-state index in [0.717, 1.165) is 54.4 Å². The number of aromatic nitrogens is 2. The molecule has 1 aromatic heterocycles. The van der Waals surface area contributed by atoms with Gasteiger partial charge in [-0.3, -0.25) is 10.1 Å². The molecule has 0 unspecified atom stereocenters. The van der Waals surface area contributed by atoms with Crippen molar-refractivity contribution in [2.75, 3.05) is 36.0 Å². The lowest BCUT2D eigenvalue weighted by atomic mass is 10.2. The first-order valence-corrected chi connectivity index (χ1v) is 9.41. The lowest BCUT2D eigenvalue weighted by Crippen LogP contribution is -2.31. The fourth-order valence-electron chi connectivity index (χ4n) is 2.78. The third kappa shape index (κ3) is 3.67. The van der Waals surface area contributed by atoms with Crippen molar-refractivity contribution in [1.29, 1.82) is 0 Å². The Hall–Kier alpha value is -1.74. The molecular weight excluding hydrogens is 394 g/mol. The van der Waals surface area contributed by atoms with Crippen molar-refractivity contribution in [3.05, 3.63) is 38.6 Å². The Labute approximate surface area is 152 Å². The number of nitrogens with zero attached hydrogens (tertiary/aromatic N) is 5. The molecule has 128 valence electrons. The number of aryl methyl sites for hydroxylation is 1. The van der Waals surface area contributed by atoms with E-state index >= 15 is 0 Å². The van der Waals surface area contributed by atoms with E-state index in [-0.39, 0.29) is 10.6 Å². The zero-order chi connectivity index (χ0) is 17.1. The molecule has 0 saturated carbocycles. The van der Waals surface area contributed by atoms with Gasteiger partial charge in [0.25, 0.3) is 5.69 Å². The Balaban J connectivity index is 1.77. The van der Waals surface area contributed by atoms with Crippen molar-refractivity contribution < 1.29 is 4.92 Å². The Morgan fingerprint density at radius 2 is 2.04 bits per heavy atom. The van der Waals surface area contributed by atoms with Crippen LogP contribution in [0.3, 0.4) is 0 Å². The largest absolute Gasteiger partial charge is 0.364 e. The molecule has 0 radical (unpaired) electrons. The van der Waals surface area contributed by atoms with Crippen molar-refractivity contribution in [3.8, 4) is 0 Å². The summed E-state index contributed by atoms with van der Waals surface area (Å²) < 4.78 is 5.06. The maximum Gasteiger partial charge on any atom is 0.293 e.